The molecule has 8 aromatic rings. The second-order valence-electron chi connectivity index (χ2n) is 12.8. The minimum atomic E-state index is -0.179. The van der Waals surface area contributed by atoms with Crippen LogP contribution in [0.15, 0.2) is 138 Å². The Morgan fingerprint density at radius 3 is 2.28 bits per heavy atom. The average molecular weight is 615 g/mol. The molecule has 0 spiro atoms. The van der Waals surface area contributed by atoms with Gasteiger partial charge in [-0.25, -0.2) is 0 Å². The second-order valence-corrected chi connectivity index (χ2v) is 13.3. The number of aryl methyl sites for hydroxylation is 1. The van der Waals surface area contributed by atoms with Gasteiger partial charge in [0.05, 0.1) is 11.2 Å². The lowest BCUT2D eigenvalue weighted by molar-refractivity contribution is 0.623. The zero-order valence-electron chi connectivity index (χ0n) is 25.9. The molecule has 2 aromatic heterocycles. The summed E-state index contributed by atoms with van der Waals surface area (Å²) in [4.78, 5) is 2.28. The smallest absolute Gasteiger partial charge is 0.159 e. The van der Waals surface area contributed by atoms with Gasteiger partial charge in [0.1, 0.15) is 5.58 Å². The lowest BCUT2D eigenvalue weighted by Gasteiger charge is -2.28. The number of para-hydroxylation sites is 3. The quantitative estimate of drug-likeness (QED) is 0.197. The van der Waals surface area contributed by atoms with Crippen molar-refractivity contribution in [3.05, 3.63) is 155 Å². The number of furan rings is 1. The predicted octanol–water partition coefficient (Wildman–Crippen LogP) is 12.3. The van der Waals surface area contributed by atoms with Crippen LogP contribution in [-0.2, 0) is 5.41 Å². The number of anilines is 3. The van der Waals surface area contributed by atoms with Gasteiger partial charge in [0.15, 0.2) is 5.58 Å². The summed E-state index contributed by atoms with van der Waals surface area (Å²) >= 11 is 6.64. The lowest BCUT2D eigenvalue weighted by Crippen LogP contribution is -2.20. The molecule has 0 amide bonds. The Morgan fingerprint density at radius 2 is 1.41 bits per heavy atom. The first-order chi connectivity index (χ1) is 22.4. The van der Waals surface area contributed by atoms with Crippen LogP contribution in [0.4, 0.5) is 17.1 Å². The molecule has 46 heavy (non-hydrogen) atoms. The zero-order chi connectivity index (χ0) is 31.2. The number of hydrogen-bond donors (Lipinski definition) is 0. The van der Waals surface area contributed by atoms with Gasteiger partial charge < -0.3 is 13.9 Å². The van der Waals surface area contributed by atoms with Crippen LogP contribution < -0.4 is 4.90 Å². The molecule has 9 rings (SSSR count). The fourth-order valence-corrected chi connectivity index (χ4v) is 7.88. The molecule has 0 saturated heterocycles. The Bertz CT molecular complexity index is 2500. The number of nitrogens with zero attached hydrogens (tertiary/aromatic N) is 2. The van der Waals surface area contributed by atoms with E-state index in [1.807, 2.05) is 30.3 Å². The number of hydrogen-bond acceptors (Lipinski definition) is 2. The monoisotopic (exact) mass is 614 g/mol. The van der Waals surface area contributed by atoms with Gasteiger partial charge in [0.2, 0.25) is 0 Å². The van der Waals surface area contributed by atoms with E-state index in [9.17, 15) is 0 Å². The highest BCUT2D eigenvalue weighted by atomic mass is 35.5. The summed E-state index contributed by atoms with van der Waals surface area (Å²) in [6, 6.07) is 47.2. The highest BCUT2D eigenvalue weighted by Gasteiger charge is 2.40. The lowest BCUT2D eigenvalue weighted by atomic mass is 9.85. The molecule has 3 nitrogen and oxygen atoms in total. The maximum absolute atomic E-state index is 6.64. The Balaban J connectivity index is 1.33. The van der Waals surface area contributed by atoms with Gasteiger partial charge in [0.25, 0.3) is 0 Å². The van der Waals surface area contributed by atoms with Gasteiger partial charge in [-0.15, -0.1) is 0 Å². The normalized spacial score (nSPS) is 13.4. The number of halogens is 1. The van der Waals surface area contributed by atoms with Gasteiger partial charge in [-0.2, -0.15) is 0 Å². The van der Waals surface area contributed by atoms with Crippen molar-refractivity contribution >= 4 is 61.5 Å². The van der Waals surface area contributed by atoms with E-state index in [4.69, 9.17) is 16.0 Å². The van der Waals surface area contributed by atoms with Crippen molar-refractivity contribution in [3.8, 4) is 16.8 Å². The number of aromatic nitrogens is 1. The van der Waals surface area contributed by atoms with E-state index in [1.165, 1.54) is 33.3 Å². The fourth-order valence-electron chi connectivity index (χ4n) is 7.70. The van der Waals surface area contributed by atoms with Crippen LogP contribution in [0.25, 0.3) is 49.7 Å². The van der Waals surface area contributed by atoms with E-state index in [1.54, 1.807) is 0 Å². The molecule has 0 fully saturated rings. The maximum Gasteiger partial charge on any atom is 0.159 e. The molecule has 0 saturated carbocycles. The predicted molar refractivity (Wildman–Crippen MR) is 193 cm³/mol. The van der Waals surface area contributed by atoms with Gasteiger partial charge in [-0.05, 0) is 78.2 Å². The minimum Gasteiger partial charge on any atom is -0.454 e. The van der Waals surface area contributed by atoms with E-state index < -0.39 is 0 Å². The summed E-state index contributed by atoms with van der Waals surface area (Å²) < 4.78 is 9.06. The molecule has 6 aromatic carbocycles. The zero-order valence-corrected chi connectivity index (χ0v) is 26.6. The van der Waals surface area contributed by atoms with Crippen LogP contribution in [0.3, 0.4) is 0 Å². The van der Waals surface area contributed by atoms with Crippen molar-refractivity contribution in [2.45, 2.75) is 26.2 Å². The Morgan fingerprint density at radius 1 is 0.674 bits per heavy atom. The minimum absolute atomic E-state index is 0.179. The van der Waals surface area contributed by atoms with Crippen LogP contribution in [0.1, 0.15) is 30.7 Å². The summed E-state index contributed by atoms with van der Waals surface area (Å²) in [5.41, 5.74) is 13.3. The third-order valence-electron chi connectivity index (χ3n) is 9.59. The van der Waals surface area contributed by atoms with E-state index in [2.05, 4.69) is 133 Å². The second kappa shape index (κ2) is 9.87. The molecule has 222 valence electrons. The van der Waals surface area contributed by atoms with E-state index in [0.29, 0.717) is 5.02 Å². The summed E-state index contributed by atoms with van der Waals surface area (Å²) in [5.74, 6) is 0. The standard InChI is InChI=1S/C42H31ClN2O/c1-26-22-29(44(28-13-10-12-27(43)24-28)37-20-11-17-32-31-14-6-9-21-38(31)46-40(32)37)25-30(23-26)45-36-19-8-5-16-34(36)39-33-15-4-7-18-35(33)42(2,3)41(39)45/h4-25H,1-3H3. The molecule has 0 atom stereocenters. The number of fused-ring (bicyclic) bond motifs is 8. The summed E-state index contributed by atoms with van der Waals surface area (Å²) in [6.45, 7) is 6.88. The van der Waals surface area contributed by atoms with Crippen LogP contribution in [0.5, 0.6) is 0 Å². The topological polar surface area (TPSA) is 21.3 Å². The van der Waals surface area contributed by atoms with Crippen molar-refractivity contribution in [1.82, 2.24) is 4.57 Å². The number of benzene rings is 6. The van der Waals surface area contributed by atoms with Gasteiger partial charge >= 0.3 is 0 Å². The summed E-state index contributed by atoms with van der Waals surface area (Å²) in [5, 5.41) is 4.14. The highest BCUT2D eigenvalue weighted by molar-refractivity contribution is 6.31. The van der Waals surface area contributed by atoms with Crippen molar-refractivity contribution in [2.75, 3.05) is 4.90 Å². The molecular weight excluding hydrogens is 584 g/mol. The first kappa shape index (κ1) is 27.1. The highest BCUT2D eigenvalue weighted by Crippen LogP contribution is 2.54. The van der Waals surface area contributed by atoms with E-state index >= 15 is 0 Å². The first-order valence-corrected chi connectivity index (χ1v) is 16.1. The molecule has 0 aliphatic heterocycles. The molecule has 2 heterocycles. The van der Waals surface area contributed by atoms with Crippen molar-refractivity contribution in [1.29, 1.82) is 0 Å². The van der Waals surface area contributed by atoms with Crippen LogP contribution >= 0.6 is 11.6 Å². The van der Waals surface area contributed by atoms with Crippen molar-refractivity contribution < 1.29 is 4.42 Å². The van der Waals surface area contributed by atoms with Crippen LogP contribution in [0.2, 0.25) is 5.02 Å². The SMILES string of the molecule is Cc1cc(N(c2cccc(Cl)c2)c2cccc3c2oc2ccccc23)cc(-n2c3c(c4ccccc42)-c2ccccc2C3(C)C)c1. The van der Waals surface area contributed by atoms with Crippen LogP contribution in [-0.4, -0.2) is 4.57 Å². The van der Waals surface area contributed by atoms with Gasteiger partial charge in [-0.3, -0.25) is 0 Å². The van der Waals surface area contributed by atoms with E-state index in [-0.39, 0.29) is 5.41 Å². The van der Waals surface area contributed by atoms with Crippen molar-refractivity contribution in [3.63, 3.8) is 0 Å². The Kier molecular flexibility index (Phi) is 5.82. The summed E-state index contributed by atoms with van der Waals surface area (Å²) in [7, 11) is 0. The molecule has 1 aliphatic rings. The molecule has 1 aliphatic carbocycles. The molecule has 0 N–H and O–H groups in total. The van der Waals surface area contributed by atoms with Crippen LogP contribution in [0, 0.1) is 6.92 Å². The Labute approximate surface area is 272 Å². The third-order valence-corrected chi connectivity index (χ3v) is 9.83. The molecule has 0 unspecified atom stereocenters. The van der Waals surface area contributed by atoms with Gasteiger partial charge in [0, 0.05) is 54.9 Å². The largest absolute Gasteiger partial charge is 0.454 e. The van der Waals surface area contributed by atoms with Gasteiger partial charge in [-0.1, -0.05) is 104 Å². The first-order valence-electron chi connectivity index (χ1n) is 15.7. The molecule has 0 bridgehead atoms. The average Bonchev–Trinajstić information content (AvgIpc) is 3.69. The summed E-state index contributed by atoms with van der Waals surface area (Å²) in [6.07, 6.45) is 0. The Hall–Kier alpha value is -5.25. The molecule has 0 radical (unpaired) electrons. The van der Waals surface area contributed by atoms with Crippen molar-refractivity contribution in [2.24, 2.45) is 0 Å². The molecule has 4 heteroatoms. The third kappa shape index (κ3) is 3.85. The maximum atomic E-state index is 6.64. The molecular formula is C42H31ClN2O. The number of rotatable bonds is 4. The van der Waals surface area contributed by atoms with E-state index in [0.717, 1.165) is 50.3 Å². The fraction of sp³-hybridized carbons (Fsp3) is 0.0952.